The average molecular weight is 251 g/mol. The van der Waals surface area contributed by atoms with Crippen LogP contribution < -0.4 is 5.73 Å². The third-order valence-electron chi connectivity index (χ3n) is 1.58. The Labute approximate surface area is 84.5 Å². The summed E-state index contributed by atoms with van der Waals surface area (Å²) < 4.78 is 0.714. The van der Waals surface area contributed by atoms with Gasteiger partial charge < -0.3 is 10.8 Å². The van der Waals surface area contributed by atoms with Gasteiger partial charge in [0.25, 0.3) is 0 Å². The average Bonchev–Trinajstić information content (AvgIpc) is 1.96. The van der Waals surface area contributed by atoms with E-state index in [2.05, 4.69) is 15.9 Å². The molecule has 1 atom stereocenters. The molecule has 0 spiro atoms. The van der Waals surface area contributed by atoms with Crippen LogP contribution in [0, 0.1) is 0 Å². The van der Waals surface area contributed by atoms with Gasteiger partial charge in [-0.25, -0.2) is 0 Å². The van der Waals surface area contributed by atoms with E-state index in [1.54, 1.807) is 19.1 Å². The zero-order valence-electron chi connectivity index (χ0n) is 6.51. The maximum atomic E-state index is 9.29. The zero-order valence-corrected chi connectivity index (χ0v) is 8.85. The van der Waals surface area contributed by atoms with Crippen LogP contribution in [0.15, 0.2) is 16.6 Å². The highest BCUT2D eigenvalue weighted by Crippen LogP contribution is 2.31. The minimum absolute atomic E-state index is 0.536. The van der Waals surface area contributed by atoms with Crippen LogP contribution in [0.5, 0.6) is 0 Å². The summed E-state index contributed by atoms with van der Waals surface area (Å²) in [5.41, 5.74) is 6.87. The fraction of sp³-hybridized carbons (Fsp3) is 0.250. The fourth-order valence-corrected chi connectivity index (χ4v) is 1.78. The predicted octanol–water partition coefficient (Wildman–Crippen LogP) is 2.74. The number of anilines is 1. The molecule has 0 saturated carbocycles. The second kappa shape index (κ2) is 3.64. The van der Waals surface area contributed by atoms with Crippen LogP contribution >= 0.6 is 27.5 Å². The Bertz CT molecular complexity index is 301. The van der Waals surface area contributed by atoms with Crippen molar-refractivity contribution in [1.82, 2.24) is 0 Å². The summed E-state index contributed by atoms with van der Waals surface area (Å²) in [5, 5.41) is 9.86. The molecule has 0 radical (unpaired) electrons. The lowest BCUT2D eigenvalue weighted by Gasteiger charge is -2.10. The largest absolute Gasteiger partial charge is 0.398 e. The van der Waals surface area contributed by atoms with Gasteiger partial charge in [-0.05, 0) is 35.0 Å². The molecular weight excluding hydrogens is 241 g/mol. The third-order valence-corrected chi connectivity index (χ3v) is 2.45. The first-order chi connectivity index (χ1) is 5.52. The molecule has 3 N–H and O–H groups in total. The van der Waals surface area contributed by atoms with Gasteiger partial charge in [0.2, 0.25) is 0 Å². The quantitative estimate of drug-likeness (QED) is 0.753. The molecule has 0 aromatic heterocycles. The first kappa shape index (κ1) is 9.84. The van der Waals surface area contributed by atoms with E-state index in [9.17, 15) is 5.11 Å². The lowest BCUT2D eigenvalue weighted by molar-refractivity contribution is 0.200. The van der Waals surface area contributed by atoms with Crippen LogP contribution in [0.4, 0.5) is 5.69 Å². The molecule has 0 aliphatic carbocycles. The van der Waals surface area contributed by atoms with Crippen LogP contribution in [0.25, 0.3) is 0 Å². The molecule has 12 heavy (non-hydrogen) atoms. The van der Waals surface area contributed by atoms with Gasteiger partial charge in [-0.3, -0.25) is 0 Å². The number of benzene rings is 1. The molecule has 1 aromatic rings. The van der Waals surface area contributed by atoms with E-state index in [0.29, 0.717) is 20.7 Å². The second-order valence-electron chi connectivity index (χ2n) is 2.57. The van der Waals surface area contributed by atoms with E-state index in [0.717, 1.165) is 0 Å². The summed E-state index contributed by atoms with van der Waals surface area (Å²) in [6, 6.07) is 3.36. The molecule has 0 amide bonds. The Morgan fingerprint density at radius 3 is 2.67 bits per heavy atom. The number of aliphatic hydroxyl groups is 1. The van der Waals surface area contributed by atoms with Crippen molar-refractivity contribution in [3.63, 3.8) is 0 Å². The Balaban J connectivity index is 3.28. The predicted molar refractivity (Wildman–Crippen MR) is 54.2 cm³/mol. The normalized spacial score (nSPS) is 13.0. The van der Waals surface area contributed by atoms with Gasteiger partial charge in [0.1, 0.15) is 0 Å². The summed E-state index contributed by atoms with van der Waals surface area (Å²) in [6.45, 7) is 1.65. The Hall–Kier alpha value is -0.250. The number of halogens is 2. The number of nitrogens with two attached hydrogens (primary N) is 1. The molecule has 0 aliphatic heterocycles. The summed E-state index contributed by atoms with van der Waals surface area (Å²) in [5.74, 6) is 0. The summed E-state index contributed by atoms with van der Waals surface area (Å²) in [6.07, 6.45) is -0.597. The molecule has 4 heteroatoms. The molecule has 0 bridgehead atoms. The highest BCUT2D eigenvalue weighted by molar-refractivity contribution is 9.10. The Morgan fingerprint density at radius 2 is 2.17 bits per heavy atom. The number of nitrogen functional groups attached to an aromatic ring is 1. The van der Waals surface area contributed by atoms with Crippen molar-refractivity contribution in [3.8, 4) is 0 Å². The lowest BCUT2D eigenvalue weighted by atomic mass is 10.1. The van der Waals surface area contributed by atoms with Gasteiger partial charge >= 0.3 is 0 Å². The topological polar surface area (TPSA) is 46.2 Å². The molecule has 0 aliphatic rings. The van der Waals surface area contributed by atoms with Gasteiger partial charge in [-0.15, -0.1) is 0 Å². The monoisotopic (exact) mass is 249 g/mol. The number of hydrogen-bond acceptors (Lipinski definition) is 2. The maximum Gasteiger partial charge on any atom is 0.0782 e. The van der Waals surface area contributed by atoms with Gasteiger partial charge in [0.05, 0.1) is 11.8 Å². The van der Waals surface area contributed by atoms with Crippen molar-refractivity contribution in [1.29, 1.82) is 0 Å². The number of hydrogen-bond donors (Lipinski definition) is 2. The molecule has 0 saturated heterocycles. The van der Waals surface area contributed by atoms with Gasteiger partial charge in [0.15, 0.2) is 0 Å². The highest BCUT2D eigenvalue weighted by Gasteiger charge is 2.09. The maximum absolute atomic E-state index is 9.29. The SMILES string of the molecule is CC(O)c1cc(Cl)cc(Br)c1N. The molecule has 0 heterocycles. The minimum Gasteiger partial charge on any atom is -0.398 e. The second-order valence-corrected chi connectivity index (χ2v) is 3.86. The molecular formula is C8H9BrClNO. The van der Waals surface area contributed by atoms with Crippen molar-refractivity contribution in [2.45, 2.75) is 13.0 Å². The van der Waals surface area contributed by atoms with E-state index in [4.69, 9.17) is 17.3 Å². The summed E-state index contributed by atoms with van der Waals surface area (Å²) in [7, 11) is 0. The zero-order chi connectivity index (χ0) is 9.30. The summed E-state index contributed by atoms with van der Waals surface area (Å²) >= 11 is 9.01. The van der Waals surface area contributed by atoms with E-state index in [1.807, 2.05) is 0 Å². The standard InChI is InChI=1S/C8H9BrClNO/c1-4(12)6-2-5(10)3-7(9)8(6)11/h2-4,12H,11H2,1H3. The lowest BCUT2D eigenvalue weighted by Crippen LogP contribution is -1.99. The smallest absolute Gasteiger partial charge is 0.0782 e. The molecule has 66 valence electrons. The number of aliphatic hydroxyl groups excluding tert-OH is 1. The summed E-state index contributed by atoms with van der Waals surface area (Å²) in [4.78, 5) is 0. The van der Waals surface area contributed by atoms with Crippen LogP contribution in [0.2, 0.25) is 5.02 Å². The van der Waals surface area contributed by atoms with E-state index in [-0.39, 0.29) is 0 Å². The third kappa shape index (κ3) is 1.91. The fourth-order valence-electron chi connectivity index (χ4n) is 0.950. The molecule has 2 nitrogen and oxygen atoms in total. The van der Waals surface area contributed by atoms with Gasteiger partial charge in [-0.2, -0.15) is 0 Å². The molecule has 0 fully saturated rings. The van der Waals surface area contributed by atoms with Crippen LogP contribution in [0.3, 0.4) is 0 Å². The van der Waals surface area contributed by atoms with Crippen LogP contribution in [-0.4, -0.2) is 5.11 Å². The van der Waals surface area contributed by atoms with E-state index < -0.39 is 6.10 Å². The Morgan fingerprint density at radius 1 is 1.58 bits per heavy atom. The molecule has 1 aromatic carbocycles. The van der Waals surface area contributed by atoms with Crippen molar-refractivity contribution in [2.24, 2.45) is 0 Å². The van der Waals surface area contributed by atoms with Crippen molar-refractivity contribution < 1.29 is 5.11 Å². The first-order valence-corrected chi connectivity index (χ1v) is 4.62. The van der Waals surface area contributed by atoms with Crippen molar-refractivity contribution in [3.05, 3.63) is 27.2 Å². The van der Waals surface area contributed by atoms with Crippen LogP contribution in [-0.2, 0) is 0 Å². The van der Waals surface area contributed by atoms with Crippen molar-refractivity contribution >= 4 is 33.2 Å². The van der Waals surface area contributed by atoms with Crippen molar-refractivity contribution in [2.75, 3.05) is 5.73 Å². The first-order valence-electron chi connectivity index (χ1n) is 3.45. The minimum atomic E-state index is -0.597. The highest BCUT2D eigenvalue weighted by atomic mass is 79.9. The molecule has 1 rings (SSSR count). The van der Waals surface area contributed by atoms with E-state index >= 15 is 0 Å². The Kier molecular flexibility index (Phi) is 2.99. The van der Waals surface area contributed by atoms with Crippen LogP contribution in [0.1, 0.15) is 18.6 Å². The van der Waals surface area contributed by atoms with Gasteiger partial charge in [-0.1, -0.05) is 11.6 Å². The molecule has 1 unspecified atom stereocenters. The number of rotatable bonds is 1. The van der Waals surface area contributed by atoms with E-state index in [1.165, 1.54) is 0 Å². The van der Waals surface area contributed by atoms with Gasteiger partial charge in [0, 0.05) is 15.1 Å².